The molecule has 0 spiro atoms. The number of ether oxygens (including phenoxy) is 1. The summed E-state index contributed by atoms with van der Waals surface area (Å²) in [6.45, 7) is 5.56. The Kier molecular flexibility index (Phi) is 4.33. The summed E-state index contributed by atoms with van der Waals surface area (Å²) in [6, 6.07) is 0.235. The van der Waals surface area contributed by atoms with Crippen LogP contribution < -0.4 is 5.32 Å². The minimum atomic E-state index is 0.235. The van der Waals surface area contributed by atoms with Gasteiger partial charge >= 0.3 is 0 Å². The van der Waals surface area contributed by atoms with Crippen molar-refractivity contribution in [3.63, 3.8) is 0 Å². The molecule has 0 saturated carbocycles. The van der Waals surface area contributed by atoms with E-state index in [1.807, 2.05) is 18.6 Å². The zero-order chi connectivity index (χ0) is 13.0. The Hall–Kier alpha value is -1.40. The van der Waals surface area contributed by atoms with Gasteiger partial charge in [0.15, 0.2) is 0 Å². The number of rotatable bonds is 6. The molecule has 18 heavy (non-hydrogen) atoms. The van der Waals surface area contributed by atoms with Gasteiger partial charge in [0, 0.05) is 30.4 Å². The maximum Gasteiger partial charge on any atom is 0.203 e. The average molecular weight is 266 g/mol. The highest BCUT2D eigenvalue weighted by Crippen LogP contribution is 2.16. The molecule has 0 saturated heterocycles. The third kappa shape index (κ3) is 3.08. The third-order valence-electron chi connectivity index (χ3n) is 2.67. The number of nitrogens with zero attached hydrogens (tertiary/aromatic N) is 3. The van der Waals surface area contributed by atoms with Crippen LogP contribution in [0.25, 0.3) is 0 Å². The summed E-state index contributed by atoms with van der Waals surface area (Å²) in [5.41, 5.74) is 2.96. The second-order valence-corrected chi connectivity index (χ2v) is 5.18. The summed E-state index contributed by atoms with van der Waals surface area (Å²) < 4.78 is 7.20. The summed E-state index contributed by atoms with van der Waals surface area (Å²) in [6.07, 6.45) is 3.78. The van der Waals surface area contributed by atoms with Crippen molar-refractivity contribution >= 4 is 17.3 Å². The van der Waals surface area contributed by atoms with Gasteiger partial charge in [0.25, 0.3) is 0 Å². The predicted octanol–water partition coefficient (Wildman–Crippen LogP) is 2.14. The molecule has 0 radical (unpaired) electrons. The number of anilines is 1. The first-order valence-corrected chi connectivity index (χ1v) is 6.74. The molecule has 1 N–H and O–H groups in total. The molecule has 2 rings (SSSR count). The highest BCUT2D eigenvalue weighted by atomic mass is 32.1. The highest BCUT2D eigenvalue weighted by molar-refractivity contribution is 7.09. The maximum atomic E-state index is 5.11. The fourth-order valence-corrected chi connectivity index (χ4v) is 2.50. The molecule has 0 fully saturated rings. The van der Waals surface area contributed by atoms with Gasteiger partial charge in [-0.15, -0.1) is 11.3 Å². The van der Waals surface area contributed by atoms with Crippen molar-refractivity contribution in [2.75, 3.05) is 19.0 Å². The normalized spacial score (nSPS) is 12.6. The van der Waals surface area contributed by atoms with Crippen molar-refractivity contribution in [3.8, 4) is 0 Å². The number of methoxy groups -OCH3 is 1. The van der Waals surface area contributed by atoms with Crippen LogP contribution >= 0.6 is 11.3 Å². The number of nitrogens with one attached hydrogen (secondary N) is 1. The molecule has 98 valence electrons. The van der Waals surface area contributed by atoms with Crippen LogP contribution in [0.15, 0.2) is 17.9 Å². The van der Waals surface area contributed by atoms with Crippen molar-refractivity contribution in [3.05, 3.63) is 28.5 Å². The molecule has 1 atom stereocenters. The molecule has 0 amide bonds. The minimum Gasteiger partial charge on any atom is -0.383 e. The lowest BCUT2D eigenvalue weighted by molar-refractivity contribution is 0.190. The quantitative estimate of drug-likeness (QED) is 0.870. The summed E-state index contributed by atoms with van der Waals surface area (Å²) >= 11 is 1.67. The summed E-state index contributed by atoms with van der Waals surface area (Å²) in [5.74, 6) is 0.868. The Bertz CT molecular complexity index is 494. The van der Waals surface area contributed by atoms with E-state index in [1.54, 1.807) is 24.6 Å². The van der Waals surface area contributed by atoms with Crippen LogP contribution in [0.4, 0.5) is 5.95 Å². The van der Waals surface area contributed by atoms with Crippen LogP contribution in [0.3, 0.4) is 0 Å². The van der Waals surface area contributed by atoms with E-state index in [2.05, 4.69) is 26.8 Å². The van der Waals surface area contributed by atoms with Crippen LogP contribution in [0.2, 0.25) is 0 Å². The van der Waals surface area contributed by atoms with Gasteiger partial charge in [0.2, 0.25) is 5.95 Å². The number of hydrogen-bond acceptors (Lipinski definition) is 5. The predicted molar refractivity (Wildman–Crippen MR) is 73.1 cm³/mol. The topological polar surface area (TPSA) is 52.0 Å². The van der Waals surface area contributed by atoms with E-state index < -0.39 is 0 Å². The molecule has 0 bridgehead atoms. The molecule has 5 nitrogen and oxygen atoms in total. The number of aryl methyl sites for hydroxylation is 1. The largest absolute Gasteiger partial charge is 0.383 e. The standard InChI is InChI=1S/C12H18N4OS/c1-9(7-17-3)15-12-13-4-5-16(12)6-11-10(2)14-8-18-11/h4-5,8-9H,6-7H2,1-3H3,(H,13,15). The lowest BCUT2D eigenvalue weighted by atomic mass is 10.3. The Balaban J connectivity index is 2.06. The van der Waals surface area contributed by atoms with Crippen molar-refractivity contribution in [2.45, 2.75) is 26.4 Å². The molecule has 6 heteroatoms. The van der Waals surface area contributed by atoms with Gasteiger partial charge in [-0.2, -0.15) is 0 Å². The van der Waals surface area contributed by atoms with Gasteiger partial charge in [0.05, 0.1) is 24.4 Å². The first-order chi connectivity index (χ1) is 8.70. The zero-order valence-electron chi connectivity index (χ0n) is 10.9. The van der Waals surface area contributed by atoms with Crippen LogP contribution in [-0.2, 0) is 11.3 Å². The highest BCUT2D eigenvalue weighted by Gasteiger charge is 2.09. The molecule has 0 aliphatic rings. The summed E-state index contributed by atoms with van der Waals surface area (Å²) in [7, 11) is 1.70. The second-order valence-electron chi connectivity index (χ2n) is 4.24. The lowest BCUT2D eigenvalue weighted by Gasteiger charge is -2.14. The van der Waals surface area contributed by atoms with Gasteiger partial charge in [-0.25, -0.2) is 9.97 Å². The smallest absolute Gasteiger partial charge is 0.203 e. The maximum absolute atomic E-state index is 5.11. The van der Waals surface area contributed by atoms with E-state index in [1.165, 1.54) is 4.88 Å². The van der Waals surface area contributed by atoms with E-state index in [9.17, 15) is 0 Å². The summed E-state index contributed by atoms with van der Waals surface area (Å²) in [4.78, 5) is 9.85. The molecule has 0 aliphatic carbocycles. The van der Waals surface area contributed by atoms with E-state index in [0.717, 1.165) is 18.2 Å². The van der Waals surface area contributed by atoms with Crippen LogP contribution in [0.1, 0.15) is 17.5 Å². The fraction of sp³-hybridized carbons (Fsp3) is 0.500. The summed E-state index contributed by atoms with van der Waals surface area (Å²) in [5, 5.41) is 3.33. The number of imidazole rings is 1. The zero-order valence-corrected chi connectivity index (χ0v) is 11.7. The molecule has 1 unspecified atom stereocenters. The Morgan fingerprint density at radius 2 is 2.33 bits per heavy atom. The fourth-order valence-electron chi connectivity index (χ4n) is 1.72. The molecule has 2 aromatic heterocycles. The van der Waals surface area contributed by atoms with Crippen molar-refractivity contribution in [2.24, 2.45) is 0 Å². The average Bonchev–Trinajstić information content (AvgIpc) is 2.91. The minimum absolute atomic E-state index is 0.235. The Morgan fingerprint density at radius 1 is 1.50 bits per heavy atom. The number of hydrogen-bond donors (Lipinski definition) is 1. The Labute approximate surface area is 111 Å². The van der Waals surface area contributed by atoms with E-state index in [-0.39, 0.29) is 6.04 Å². The van der Waals surface area contributed by atoms with Gasteiger partial charge in [-0.1, -0.05) is 0 Å². The van der Waals surface area contributed by atoms with Gasteiger partial charge < -0.3 is 14.6 Å². The van der Waals surface area contributed by atoms with Crippen molar-refractivity contribution < 1.29 is 4.74 Å². The molecular formula is C12H18N4OS. The van der Waals surface area contributed by atoms with Crippen molar-refractivity contribution in [1.82, 2.24) is 14.5 Å². The van der Waals surface area contributed by atoms with Crippen LogP contribution in [0, 0.1) is 6.92 Å². The third-order valence-corrected chi connectivity index (χ3v) is 3.59. The van der Waals surface area contributed by atoms with Gasteiger partial charge in [-0.3, -0.25) is 0 Å². The molecular weight excluding hydrogens is 248 g/mol. The first kappa shape index (κ1) is 13.0. The second kappa shape index (κ2) is 5.97. The number of aromatic nitrogens is 3. The van der Waals surface area contributed by atoms with Gasteiger partial charge in [0.1, 0.15) is 0 Å². The van der Waals surface area contributed by atoms with Crippen molar-refractivity contribution in [1.29, 1.82) is 0 Å². The first-order valence-electron chi connectivity index (χ1n) is 5.86. The van der Waals surface area contributed by atoms with E-state index in [0.29, 0.717) is 6.61 Å². The number of thiazole rings is 1. The SMILES string of the molecule is COCC(C)Nc1nccn1Cc1scnc1C. The molecule has 0 aliphatic heterocycles. The van der Waals surface area contributed by atoms with Gasteiger partial charge in [-0.05, 0) is 13.8 Å². The van der Waals surface area contributed by atoms with E-state index >= 15 is 0 Å². The lowest BCUT2D eigenvalue weighted by Crippen LogP contribution is -2.23. The van der Waals surface area contributed by atoms with E-state index in [4.69, 9.17) is 4.74 Å². The monoisotopic (exact) mass is 266 g/mol. The molecule has 2 aromatic rings. The Morgan fingerprint density at radius 3 is 3.00 bits per heavy atom. The van der Waals surface area contributed by atoms with Crippen LogP contribution in [0.5, 0.6) is 0 Å². The molecule has 2 heterocycles. The van der Waals surface area contributed by atoms with Crippen LogP contribution in [-0.4, -0.2) is 34.3 Å². The molecule has 0 aromatic carbocycles.